The quantitative estimate of drug-likeness (QED) is 0.600. The van der Waals surface area contributed by atoms with Gasteiger partial charge in [0.15, 0.2) is 0 Å². The van der Waals surface area contributed by atoms with Crippen molar-refractivity contribution in [3.8, 4) is 0 Å². The van der Waals surface area contributed by atoms with Crippen LogP contribution in [-0.2, 0) is 9.47 Å². The molecule has 0 bridgehead atoms. The molecular weight excluding hydrogens is 214 g/mol. The van der Waals surface area contributed by atoms with Crippen molar-refractivity contribution in [3.63, 3.8) is 0 Å². The lowest BCUT2D eigenvalue weighted by molar-refractivity contribution is -0.0351. The number of rotatable bonds is 10. The third-order valence-electron chi connectivity index (χ3n) is 2.21. The Kier molecular flexibility index (Phi) is 9.79. The average molecular weight is 245 g/mol. The summed E-state index contributed by atoms with van der Waals surface area (Å²) < 4.78 is 11.1. The van der Waals surface area contributed by atoms with Gasteiger partial charge >= 0.3 is 0 Å². The third-order valence-corrected chi connectivity index (χ3v) is 2.21. The second-order valence-electron chi connectivity index (χ2n) is 5.88. The lowest BCUT2D eigenvalue weighted by Crippen LogP contribution is -2.22. The summed E-state index contributed by atoms with van der Waals surface area (Å²) >= 11 is 0. The van der Waals surface area contributed by atoms with E-state index >= 15 is 0 Å². The predicted octanol–water partition coefficient (Wildman–Crippen LogP) is 2.84. The summed E-state index contributed by atoms with van der Waals surface area (Å²) in [4.78, 5) is 0. The van der Waals surface area contributed by atoms with Gasteiger partial charge in [-0.05, 0) is 52.6 Å². The fourth-order valence-corrected chi connectivity index (χ4v) is 1.35. The predicted molar refractivity (Wildman–Crippen MR) is 73.5 cm³/mol. The van der Waals surface area contributed by atoms with E-state index in [0.717, 1.165) is 32.0 Å². The first-order valence-corrected chi connectivity index (χ1v) is 6.84. The van der Waals surface area contributed by atoms with Crippen molar-refractivity contribution < 1.29 is 9.47 Å². The molecule has 0 spiro atoms. The van der Waals surface area contributed by atoms with E-state index in [9.17, 15) is 0 Å². The monoisotopic (exact) mass is 245 g/mol. The normalized spacial score (nSPS) is 12.4. The highest BCUT2D eigenvalue weighted by molar-refractivity contribution is 4.58. The van der Waals surface area contributed by atoms with Crippen molar-refractivity contribution >= 4 is 0 Å². The molecule has 0 aliphatic rings. The van der Waals surface area contributed by atoms with E-state index in [0.29, 0.717) is 13.2 Å². The van der Waals surface area contributed by atoms with Crippen molar-refractivity contribution in [2.24, 2.45) is 5.92 Å². The summed E-state index contributed by atoms with van der Waals surface area (Å²) in [5.74, 6) is 0.737. The van der Waals surface area contributed by atoms with Crippen LogP contribution >= 0.6 is 0 Å². The Morgan fingerprint density at radius 2 is 1.71 bits per heavy atom. The minimum Gasteiger partial charge on any atom is -0.379 e. The molecule has 0 aliphatic heterocycles. The van der Waals surface area contributed by atoms with Gasteiger partial charge in [-0.15, -0.1) is 0 Å². The van der Waals surface area contributed by atoms with Gasteiger partial charge in [-0.25, -0.2) is 0 Å². The smallest absolute Gasteiger partial charge is 0.0707 e. The maximum atomic E-state index is 5.56. The Labute approximate surface area is 107 Å². The van der Waals surface area contributed by atoms with Gasteiger partial charge < -0.3 is 14.8 Å². The van der Waals surface area contributed by atoms with Gasteiger partial charge in [0.05, 0.1) is 18.8 Å². The highest BCUT2D eigenvalue weighted by atomic mass is 16.5. The van der Waals surface area contributed by atoms with Crippen molar-refractivity contribution in [1.29, 1.82) is 0 Å². The second-order valence-corrected chi connectivity index (χ2v) is 5.88. The fourth-order valence-electron chi connectivity index (χ4n) is 1.35. The van der Waals surface area contributed by atoms with Crippen LogP contribution in [0.3, 0.4) is 0 Å². The molecule has 0 amide bonds. The minimum atomic E-state index is -0.0515. The number of unbranched alkanes of at least 4 members (excludes halogenated alkanes) is 1. The summed E-state index contributed by atoms with van der Waals surface area (Å²) in [6.07, 6.45) is 2.31. The molecule has 17 heavy (non-hydrogen) atoms. The van der Waals surface area contributed by atoms with Gasteiger partial charge in [-0.1, -0.05) is 13.8 Å². The standard InChI is InChI=1S/C14H31NO2/c1-13(2)12-15-8-6-7-9-16-10-11-17-14(3,4)5/h13,15H,6-12H2,1-5H3. The Hall–Kier alpha value is -0.120. The van der Waals surface area contributed by atoms with Crippen LogP contribution in [0.2, 0.25) is 0 Å². The molecule has 0 heterocycles. The molecule has 1 N–H and O–H groups in total. The van der Waals surface area contributed by atoms with Gasteiger partial charge in [0, 0.05) is 6.61 Å². The van der Waals surface area contributed by atoms with Crippen LogP contribution in [0, 0.1) is 5.92 Å². The zero-order chi connectivity index (χ0) is 13.1. The molecule has 3 nitrogen and oxygen atoms in total. The second kappa shape index (κ2) is 9.86. The molecule has 0 atom stereocenters. The Bertz CT molecular complexity index is 164. The molecule has 0 rings (SSSR count). The molecule has 0 saturated heterocycles. The van der Waals surface area contributed by atoms with Crippen LogP contribution in [0.4, 0.5) is 0 Å². The summed E-state index contributed by atoms with van der Waals surface area (Å²) in [7, 11) is 0. The van der Waals surface area contributed by atoms with Crippen molar-refractivity contribution in [3.05, 3.63) is 0 Å². The van der Waals surface area contributed by atoms with Gasteiger partial charge in [-0.3, -0.25) is 0 Å². The van der Waals surface area contributed by atoms with Crippen molar-refractivity contribution in [2.45, 2.75) is 53.1 Å². The largest absolute Gasteiger partial charge is 0.379 e. The maximum Gasteiger partial charge on any atom is 0.0707 e. The van der Waals surface area contributed by atoms with E-state index in [1.807, 2.05) is 0 Å². The zero-order valence-electron chi connectivity index (χ0n) is 12.3. The topological polar surface area (TPSA) is 30.5 Å². The third kappa shape index (κ3) is 15.9. The molecule has 0 aromatic carbocycles. The van der Waals surface area contributed by atoms with Crippen LogP contribution in [0.1, 0.15) is 47.5 Å². The highest BCUT2D eigenvalue weighted by Crippen LogP contribution is 2.05. The zero-order valence-corrected chi connectivity index (χ0v) is 12.3. The summed E-state index contributed by atoms with van der Waals surface area (Å²) in [5.41, 5.74) is -0.0515. The van der Waals surface area contributed by atoms with Crippen molar-refractivity contribution in [1.82, 2.24) is 5.32 Å². The lowest BCUT2D eigenvalue weighted by atomic mass is 10.2. The molecule has 104 valence electrons. The maximum absolute atomic E-state index is 5.56. The first kappa shape index (κ1) is 16.9. The molecule has 0 aromatic rings. The lowest BCUT2D eigenvalue weighted by Gasteiger charge is -2.19. The molecule has 0 radical (unpaired) electrons. The van der Waals surface area contributed by atoms with Crippen LogP contribution < -0.4 is 5.32 Å². The number of nitrogens with one attached hydrogen (secondary N) is 1. The summed E-state index contributed by atoms with van der Waals surface area (Å²) in [5, 5.41) is 3.43. The number of hydrogen-bond acceptors (Lipinski definition) is 3. The van der Waals surface area contributed by atoms with Crippen LogP contribution in [0.5, 0.6) is 0 Å². The SMILES string of the molecule is CC(C)CNCCCCOCCOC(C)(C)C. The minimum absolute atomic E-state index is 0.0515. The van der Waals surface area contributed by atoms with Crippen LogP contribution in [0.25, 0.3) is 0 Å². The summed E-state index contributed by atoms with van der Waals surface area (Å²) in [6, 6.07) is 0. The summed E-state index contributed by atoms with van der Waals surface area (Å²) in [6.45, 7) is 15.1. The van der Waals surface area contributed by atoms with E-state index in [-0.39, 0.29) is 5.60 Å². The van der Waals surface area contributed by atoms with E-state index in [1.54, 1.807) is 0 Å². The van der Waals surface area contributed by atoms with E-state index < -0.39 is 0 Å². The Morgan fingerprint density at radius 3 is 2.29 bits per heavy atom. The first-order chi connectivity index (χ1) is 7.92. The molecular formula is C14H31NO2. The molecule has 0 aromatic heterocycles. The van der Waals surface area contributed by atoms with Gasteiger partial charge in [-0.2, -0.15) is 0 Å². The van der Waals surface area contributed by atoms with Gasteiger partial charge in [0.25, 0.3) is 0 Å². The molecule has 0 fully saturated rings. The Morgan fingerprint density at radius 1 is 1.00 bits per heavy atom. The van der Waals surface area contributed by atoms with Crippen molar-refractivity contribution in [2.75, 3.05) is 32.9 Å². The molecule has 0 unspecified atom stereocenters. The van der Waals surface area contributed by atoms with Crippen LogP contribution in [-0.4, -0.2) is 38.5 Å². The van der Waals surface area contributed by atoms with Gasteiger partial charge in [0.1, 0.15) is 0 Å². The Balaban J connectivity index is 3.04. The molecule has 0 aliphatic carbocycles. The first-order valence-electron chi connectivity index (χ1n) is 6.84. The van der Waals surface area contributed by atoms with E-state index in [1.165, 1.54) is 6.42 Å². The van der Waals surface area contributed by atoms with Gasteiger partial charge in [0.2, 0.25) is 0 Å². The molecule has 0 saturated carbocycles. The molecule has 3 heteroatoms. The fraction of sp³-hybridized carbons (Fsp3) is 1.00. The average Bonchev–Trinajstić information content (AvgIpc) is 2.18. The number of hydrogen-bond donors (Lipinski definition) is 1. The van der Waals surface area contributed by atoms with E-state index in [4.69, 9.17) is 9.47 Å². The number of ether oxygens (including phenoxy) is 2. The van der Waals surface area contributed by atoms with E-state index in [2.05, 4.69) is 39.9 Å². The highest BCUT2D eigenvalue weighted by Gasteiger charge is 2.08. The van der Waals surface area contributed by atoms with Crippen LogP contribution in [0.15, 0.2) is 0 Å².